The van der Waals surface area contributed by atoms with E-state index in [0.717, 1.165) is 0 Å². The number of nitrogens with zero attached hydrogens (tertiary/aromatic N) is 1. The molecule has 1 atom stereocenters. The van der Waals surface area contributed by atoms with Gasteiger partial charge in [0.1, 0.15) is 0 Å². The number of rotatable bonds is 5. The van der Waals surface area contributed by atoms with Crippen molar-refractivity contribution in [3.63, 3.8) is 0 Å². The molecule has 0 radical (unpaired) electrons. The van der Waals surface area contributed by atoms with Crippen LogP contribution in [0.25, 0.3) is 0 Å². The van der Waals surface area contributed by atoms with E-state index in [4.69, 9.17) is 0 Å². The second-order valence-electron chi connectivity index (χ2n) is 5.83. The van der Waals surface area contributed by atoms with Crippen LogP contribution in [0.4, 0.5) is 0 Å². The van der Waals surface area contributed by atoms with Crippen molar-refractivity contribution in [1.82, 2.24) is 10.2 Å². The molecule has 0 aliphatic carbocycles. The molecular weight excluding hydrogens is 232 g/mol. The lowest BCUT2D eigenvalue weighted by Crippen LogP contribution is -2.38. The lowest BCUT2D eigenvalue weighted by molar-refractivity contribution is 0.265. The van der Waals surface area contributed by atoms with Gasteiger partial charge in [-0.05, 0) is 44.8 Å². The highest BCUT2D eigenvalue weighted by Gasteiger charge is 2.16. The fourth-order valence-corrected chi connectivity index (χ4v) is 2.98. The molecule has 2 nitrogen and oxygen atoms in total. The van der Waals surface area contributed by atoms with Crippen LogP contribution in [-0.2, 0) is 6.42 Å². The molecule has 1 heterocycles. The van der Waals surface area contributed by atoms with Crippen LogP contribution in [0, 0.1) is 6.92 Å². The second kappa shape index (κ2) is 7.66. The minimum Gasteiger partial charge on any atom is -0.313 e. The lowest BCUT2D eigenvalue weighted by Gasteiger charge is -2.24. The summed E-state index contributed by atoms with van der Waals surface area (Å²) in [4.78, 5) is 2.64. The van der Waals surface area contributed by atoms with Crippen LogP contribution < -0.4 is 5.32 Å². The summed E-state index contributed by atoms with van der Waals surface area (Å²) >= 11 is 0. The normalized spacial score (nSPS) is 21.3. The quantitative estimate of drug-likeness (QED) is 0.875. The van der Waals surface area contributed by atoms with Gasteiger partial charge in [0.25, 0.3) is 0 Å². The molecule has 0 bridgehead atoms. The molecule has 106 valence electrons. The van der Waals surface area contributed by atoms with Crippen LogP contribution >= 0.6 is 0 Å². The minimum absolute atomic E-state index is 0.699. The summed E-state index contributed by atoms with van der Waals surface area (Å²) in [5.41, 5.74) is 2.85. The van der Waals surface area contributed by atoms with Gasteiger partial charge in [0.05, 0.1) is 0 Å². The molecule has 1 unspecified atom stereocenters. The Morgan fingerprint density at radius 1 is 1.37 bits per heavy atom. The molecular formula is C17H28N2. The van der Waals surface area contributed by atoms with Crippen LogP contribution in [-0.4, -0.2) is 37.1 Å². The first-order valence-corrected chi connectivity index (χ1v) is 7.79. The van der Waals surface area contributed by atoms with Gasteiger partial charge in [0.2, 0.25) is 0 Å². The highest BCUT2D eigenvalue weighted by molar-refractivity contribution is 5.22. The third-order valence-electron chi connectivity index (χ3n) is 4.00. The minimum atomic E-state index is 0.699. The maximum absolute atomic E-state index is 3.68. The number of aryl methyl sites for hydroxylation is 1. The summed E-state index contributed by atoms with van der Waals surface area (Å²) in [5, 5.41) is 3.68. The molecule has 1 aromatic rings. The summed E-state index contributed by atoms with van der Waals surface area (Å²) in [5.74, 6) is 0. The van der Waals surface area contributed by atoms with Crippen LogP contribution in [0.5, 0.6) is 0 Å². The van der Waals surface area contributed by atoms with Crippen LogP contribution in [0.2, 0.25) is 0 Å². The van der Waals surface area contributed by atoms with Crippen molar-refractivity contribution in [2.24, 2.45) is 0 Å². The molecule has 0 saturated carbocycles. The van der Waals surface area contributed by atoms with Crippen molar-refractivity contribution in [3.8, 4) is 0 Å². The topological polar surface area (TPSA) is 15.3 Å². The fraction of sp³-hybridized carbons (Fsp3) is 0.647. The van der Waals surface area contributed by atoms with Gasteiger partial charge < -0.3 is 10.2 Å². The monoisotopic (exact) mass is 260 g/mol. The molecule has 1 aliphatic rings. The van der Waals surface area contributed by atoms with Crippen LogP contribution in [0.1, 0.15) is 37.3 Å². The first-order valence-electron chi connectivity index (χ1n) is 7.79. The molecule has 0 spiro atoms. The van der Waals surface area contributed by atoms with E-state index in [1.807, 2.05) is 0 Å². The average Bonchev–Trinajstić information content (AvgIpc) is 2.62. The van der Waals surface area contributed by atoms with E-state index in [1.165, 1.54) is 63.0 Å². The zero-order chi connectivity index (χ0) is 13.5. The van der Waals surface area contributed by atoms with Crippen LogP contribution in [0.15, 0.2) is 24.3 Å². The van der Waals surface area contributed by atoms with Crippen LogP contribution in [0.3, 0.4) is 0 Å². The Kier molecular flexibility index (Phi) is 5.87. The van der Waals surface area contributed by atoms with Crippen molar-refractivity contribution >= 4 is 0 Å². The highest BCUT2D eigenvalue weighted by Crippen LogP contribution is 2.09. The molecule has 1 aromatic carbocycles. The number of nitrogens with one attached hydrogen (secondary N) is 1. The van der Waals surface area contributed by atoms with E-state index < -0.39 is 0 Å². The predicted molar refractivity (Wildman–Crippen MR) is 82.6 cm³/mol. The Bertz CT molecular complexity index is 375. The van der Waals surface area contributed by atoms with Crippen molar-refractivity contribution < 1.29 is 0 Å². The maximum atomic E-state index is 3.68. The summed E-state index contributed by atoms with van der Waals surface area (Å²) in [7, 11) is 0. The van der Waals surface area contributed by atoms with Gasteiger partial charge in [0, 0.05) is 19.1 Å². The molecule has 1 N–H and O–H groups in total. The Hall–Kier alpha value is -0.860. The predicted octanol–water partition coefficient (Wildman–Crippen LogP) is 3.00. The average molecular weight is 260 g/mol. The Balaban J connectivity index is 1.83. The smallest absolute Gasteiger partial charge is 0.0194 e. The van der Waals surface area contributed by atoms with Crippen molar-refractivity contribution in [1.29, 1.82) is 0 Å². The van der Waals surface area contributed by atoms with Crippen molar-refractivity contribution in [3.05, 3.63) is 35.4 Å². The zero-order valence-corrected chi connectivity index (χ0v) is 12.5. The maximum Gasteiger partial charge on any atom is 0.0194 e. The summed E-state index contributed by atoms with van der Waals surface area (Å²) in [6.07, 6.45) is 5.05. The zero-order valence-electron chi connectivity index (χ0n) is 12.5. The molecule has 0 aromatic heterocycles. The van der Waals surface area contributed by atoms with E-state index in [-0.39, 0.29) is 0 Å². The third kappa shape index (κ3) is 4.96. The third-order valence-corrected chi connectivity index (χ3v) is 4.00. The van der Waals surface area contributed by atoms with E-state index in [1.54, 1.807) is 0 Å². The van der Waals surface area contributed by atoms with Gasteiger partial charge in [-0.1, -0.05) is 43.2 Å². The van der Waals surface area contributed by atoms with Gasteiger partial charge in [-0.3, -0.25) is 0 Å². The SMILES string of the molecule is CCCC1CN(CCc2cccc(C)c2)CCCN1. The molecule has 1 saturated heterocycles. The Morgan fingerprint density at radius 3 is 3.05 bits per heavy atom. The fourth-order valence-electron chi connectivity index (χ4n) is 2.98. The van der Waals surface area contributed by atoms with E-state index in [2.05, 4.69) is 48.3 Å². The number of hydrogen-bond acceptors (Lipinski definition) is 2. The van der Waals surface area contributed by atoms with Crippen molar-refractivity contribution in [2.75, 3.05) is 26.2 Å². The standard InChI is InChI=1S/C17H28N2/c1-3-6-17-14-19(11-5-10-18-17)12-9-16-8-4-7-15(2)13-16/h4,7-8,13,17-18H,3,5-6,9-12,14H2,1-2H3. The Morgan fingerprint density at radius 2 is 2.26 bits per heavy atom. The molecule has 1 fully saturated rings. The second-order valence-corrected chi connectivity index (χ2v) is 5.83. The molecule has 1 aliphatic heterocycles. The first kappa shape index (κ1) is 14.5. The lowest BCUT2D eigenvalue weighted by atomic mass is 10.1. The van der Waals surface area contributed by atoms with Gasteiger partial charge in [0.15, 0.2) is 0 Å². The molecule has 0 amide bonds. The van der Waals surface area contributed by atoms with Gasteiger partial charge in [-0.15, -0.1) is 0 Å². The summed E-state index contributed by atoms with van der Waals surface area (Å²) in [6.45, 7) is 9.32. The summed E-state index contributed by atoms with van der Waals surface area (Å²) in [6, 6.07) is 9.63. The highest BCUT2D eigenvalue weighted by atomic mass is 15.2. The molecule has 19 heavy (non-hydrogen) atoms. The largest absolute Gasteiger partial charge is 0.313 e. The van der Waals surface area contributed by atoms with E-state index >= 15 is 0 Å². The van der Waals surface area contributed by atoms with Gasteiger partial charge >= 0.3 is 0 Å². The van der Waals surface area contributed by atoms with E-state index in [0.29, 0.717) is 6.04 Å². The van der Waals surface area contributed by atoms with Gasteiger partial charge in [-0.2, -0.15) is 0 Å². The molecule has 2 heteroatoms. The molecule has 2 rings (SSSR count). The Labute approximate surface area is 118 Å². The first-order chi connectivity index (χ1) is 9.28. The van der Waals surface area contributed by atoms with Crippen molar-refractivity contribution in [2.45, 2.75) is 45.6 Å². The summed E-state index contributed by atoms with van der Waals surface area (Å²) < 4.78 is 0. The van der Waals surface area contributed by atoms with Gasteiger partial charge in [-0.25, -0.2) is 0 Å². The number of hydrogen-bond donors (Lipinski definition) is 1. The number of benzene rings is 1. The van der Waals surface area contributed by atoms with E-state index in [9.17, 15) is 0 Å².